The molecule has 0 spiro atoms. The largest absolute Gasteiger partial charge is 0.550 e. The highest BCUT2D eigenvalue weighted by Gasteiger charge is 2.51. The standard InChI is InChI=1S/C11H18O4/c1-6-5-7(9(12)13)11(2,3)8(6)10(14)15-4/h6-8H,5H2,1-4H3,(H,12,13)/p-1/t6-,7-,8-/m0/s1. The summed E-state index contributed by atoms with van der Waals surface area (Å²) in [5.41, 5.74) is -0.592. The van der Waals surface area contributed by atoms with Crippen LogP contribution in [0.1, 0.15) is 27.2 Å². The predicted octanol–water partition coefficient (Wildman–Crippen LogP) is 0.208. The Morgan fingerprint density at radius 2 is 1.93 bits per heavy atom. The number of hydrogen-bond acceptors (Lipinski definition) is 4. The molecule has 4 heteroatoms. The van der Waals surface area contributed by atoms with E-state index < -0.39 is 17.3 Å². The van der Waals surface area contributed by atoms with Gasteiger partial charge in [-0.25, -0.2) is 0 Å². The zero-order valence-corrected chi connectivity index (χ0v) is 9.57. The van der Waals surface area contributed by atoms with Crippen molar-refractivity contribution < 1.29 is 19.4 Å². The highest BCUT2D eigenvalue weighted by molar-refractivity contribution is 5.77. The molecular weight excluding hydrogens is 196 g/mol. The van der Waals surface area contributed by atoms with E-state index in [4.69, 9.17) is 4.74 Å². The van der Waals surface area contributed by atoms with E-state index in [0.29, 0.717) is 6.42 Å². The summed E-state index contributed by atoms with van der Waals surface area (Å²) in [6.45, 7) is 5.46. The summed E-state index contributed by atoms with van der Waals surface area (Å²) in [5.74, 6) is -2.30. The van der Waals surface area contributed by atoms with Gasteiger partial charge in [0.25, 0.3) is 0 Å². The van der Waals surface area contributed by atoms with Gasteiger partial charge in [-0.2, -0.15) is 0 Å². The van der Waals surface area contributed by atoms with Crippen LogP contribution < -0.4 is 5.11 Å². The third-order valence-corrected chi connectivity index (χ3v) is 3.62. The lowest BCUT2D eigenvalue weighted by molar-refractivity contribution is -0.314. The van der Waals surface area contributed by atoms with E-state index in [1.165, 1.54) is 7.11 Å². The van der Waals surface area contributed by atoms with Crippen LogP contribution in [0.25, 0.3) is 0 Å². The summed E-state index contributed by atoms with van der Waals surface area (Å²) in [4.78, 5) is 22.5. The second kappa shape index (κ2) is 3.83. The first-order chi connectivity index (χ1) is 6.82. The lowest BCUT2D eigenvalue weighted by Crippen LogP contribution is -2.41. The summed E-state index contributed by atoms with van der Waals surface area (Å²) < 4.78 is 4.72. The average Bonchev–Trinajstić information content (AvgIpc) is 2.35. The zero-order chi connectivity index (χ0) is 11.8. The van der Waals surface area contributed by atoms with E-state index in [-0.39, 0.29) is 17.8 Å². The van der Waals surface area contributed by atoms with Gasteiger partial charge in [-0.3, -0.25) is 4.79 Å². The minimum atomic E-state index is -1.07. The lowest BCUT2D eigenvalue weighted by Gasteiger charge is -2.32. The molecule has 1 fully saturated rings. The van der Waals surface area contributed by atoms with E-state index >= 15 is 0 Å². The maximum atomic E-state index is 11.6. The van der Waals surface area contributed by atoms with Crippen molar-refractivity contribution in [1.29, 1.82) is 0 Å². The molecular formula is C11H17O4-. The van der Waals surface area contributed by atoms with Crippen molar-refractivity contribution in [1.82, 2.24) is 0 Å². The summed E-state index contributed by atoms with van der Waals surface area (Å²) in [6, 6.07) is 0. The summed E-state index contributed by atoms with van der Waals surface area (Å²) in [7, 11) is 1.33. The van der Waals surface area contributed by atoms with Gasteiger partial charge in [0.05, 0.1) is 13.0 Å². The fourth-order valence-electron chi connectivity index (χ4n) is 2.82. The van der Waals surface area contributed by atoms with Crippen molar-refractivity contribution in [2.45, 2.75) is 27.2 Å². The fourth-order valence-corrected chi connectivity index (χ4v) is 2.82. The Hall–Kier alpha value is -1.06. The van der Waals surface area contributed by atoms with Crippen LogP contribution in [0.5, 0.6) is 0 Å². The first-order valence-corrected chi connectivity index (χ1v) is 5.11. The van der Waals surface area contributed by atoms with Gasteiger partial charge in [0.1, 0.15) is 0 Å². The second-order valence-electron chi connectivity index (χ2n) is 4.91. The third-order valence-electron chi connectivity index (χ3n) is 3.62. The van der Waals surface area contributed by atoms with Crippen molar-refractivity contribution in [3.8, 4) is 0 Å². The van der Waals surface area contributed by atoms with Gasteiger partial charge >= 0.3 is 5.97 Å². The molecule has 0 bridgehead atoms. The summed E-state index contributed by atoms with van der Waals surface area (Å²) in [6.07, 6.45) is 0.481. The molecule has 0 aromatic carbocycles. The Kier molecular flexibility index (Phi) is 3.07. The molecule has 86 valence electrons. The van der Waals surface area contributed by atoms with Crippen LogP contribution in [0.4, 0.5) is 0 Å². The molecule has 4 nitrogen and oxygen atoms in total. The number of ether oxygens (including phenoxy) is 1. The number of aliphatic carboxylic acids is 1. The first kappa shape index (κ1) is 12.0. The number of hydrogen-bond donors (Lipinski definition) is 0. The molecule has 1 aliphatic rings. The van der Waals surface area contributed by atoms with Gasteiger partial charge in [-0.1, -0.05) is 20.8 Å². The molecule has 1 aliphatic carbocycles. The molecule has 0 N–H and O–H groups in total. The summed E-state index contributed by atoms with van der Waals surface area (Å²) in [5, 5.41) is 11.0. The normalized spacial score (nSPS) is 33.7. The molecule has 0 unspecified atom stereocenters. The molecule has 1 rings (SSSR count). The molecule has 0 saturated heterocycles. The monoisotopic (exact) mass is 213 g/mol. The van der Waals surface area contributed by atoms with E-state index in [2.05, 4.69) is 0 Å². The van der Waals surface area contributed by atoms with Gasteiger partial charge in [-0.05, 0) is 17.8 Å². The number of carboxylic acid groups (broad SMARTS) is 1. The second-order valence-corrected chi connectivity index (χ2v) is 4.91. The zero-order valence-electron chi connectivity index (χ0n) is 9.57. The van der Waals surface area contributed by atoms with Crippen LogP contribution in [0, 0.1) is 23.2 Å². The first-order valence-electron chi connectivity index (χ1n) is 5.11. The van der Waals surface area contributed by atoms with Gasteiger partial charge in [-0.15, -0.1) is 0 Å². The smallest absolute Gasteiger partial charge is 0.309 e. The molecule has 0 amide bonds. The van der Waals surface area contributed by atoms with Crippen molar-refractivity contribution in [3.63, 3.8) is 0 Å². The molecule has 0 heterocycles. The Morgan fingerprint density at radius 1 is 1.40 bits per heavy atom. The lowest BCUT2D eigenvalue weighted by atomic mass is 9.74. The van der Waals surface area contributed by atoms with Gasteiger partial charge in [0.15, 0.2) is 0 Å². The van der Waals surface area contributed by atoms with E-state index in [0.717, 1.165) is 0 Å². The minimum absolute atomic E-state index is 0.0235. The number of carbonyl (C=O) groups is 2. The number of methoxy groups -OCH3 is 1. The molecule has 0 aromatic heterocycles. The van der Waals surface area contributed by atoms with Gasteiger partial charge in [0, 0.05) is 11.9 Å². The molecule has 0 radical (unpaired) electrons. The van der Waals surface area contributed by atoms with Crippen molar-refractivity contribution >= 4 is 11.9 Å². The number of esters is 1. The van der Waals surface area contributed by atoms with Crippen molar-refractivity contribution in [2.24, 2.45) is 23.2 Å². The predicted molar refractivity (Wildman–Crippen MR) is 51.6 cm³/mol. The molecule has 3 atom stereocenters. The van der Waals surface area contributed by atoms with Crippen molar-refractivity contribution in [2.75, 3.05) is 7.11 Å². The highest BCUT2D eigenvalue weighted by atomic mass is 16.5. The van der Waals surface area contributed by atoms with Gasteiger partial charge in [0.2, 0.25) is 0 Å². The Bertz CT molecular complexity index is 282. The summed E-state index contributed by atoms with van der Waals surface area (Å²) >= 11 is 0. The third kappa shape index (κ3) is 1.85. The Morgan fingerprint density at radius 3 is 2.27 bits per heavy atom. The number of rotatable bonds is 2. The van der Waals surface area contributed by atoms with Crippen LogP contribution in [0.2, 0.25) is 0 Å². The molecule has 15 heavy (non-hydrogen) atoms. The van der Waals surface area contributed by atoms with Crippen molar-refractivity contribution in [3.05, 3.63) is 0 Å². The number of carboxylic acids is 1. The Labute approximate surface area is 89.6 Å². The van der Waals surface area contributed by atoms with Crippen LogP contribution in [0.15, 0.2) is 0 Å². The van der Waals surface area contributed by atoms with E-state index in [1.54, 1.807) is 13.8 Å². The van der Waals surface area contributed by atoms with Crippen LogP contribution in [-0.2, 0) is 14.3 Å². The van der Waals surface area contributed by atoms with Crippen LogP contribution in [0.3, 0.4) is 0 Å². The minimum Gasteiger partial charge on any atom is -0.550 e. The van der Waals surface area contributed by atoms with Gasteiger partial charge < -0.3 is 14.6 Å². The van der Waals surface area contributed by atoms with Crippen LogP contribution in [-0.4, -0.2) is 19.0 Å². The van der Waals surface area contributed by atoms with Crippen LogP contribution >= 0.6 is 0 Å². The SMILES string of the molecule is COC(=O)[C@@H]1[C@@H](C)C[C@@H](C(=O)[O-])C1(C)C. The molecule has 0 aromatic rings. The topological polar surface area (TPSA) is 66.4 Å². The Balaban J connectivity index is 3.00. The van der Waals surface area contributed by atoms with E-state index in [9.17, 15) is 14.7 Å². The maximum Gasteiger partial charge on any atom is 0.309 e. The van der Waals surface area contributed by atoms with E-state index in [1.807, 2.05) is 6.92 Å². The number of carbonyl (C=O) groups excluding carboxylic acids is 2. The highest BCUT2D eigenvalue weighted by Crippen LogP contribution is 2.50. The quantitative estimate of drug-likeness (QED) is 0.615. The molecule has 1 saturated carbocycles. The fraction of sp³-hybridized carbons (Fsp3) is 0.818. The average molecular weight is 213 g/mol. The molecule has 0 aliphatic heterocycles. The maximum absolute atomic E-state index is 11.6.